The molecule has 0 atom stereocenters. The molecule has 15 heavy (non-hydrogen) atoms. The van der Waals surface area contributed by atoms with Gasteiger partial charge in [0.15, 0.2) is 0 Å². The van der Waals surface area contributed by atoms with Crippen molar-refractivity contribution in [1.29, 1.82) is 5.26 Å². The smallest absolute Gasteiger partial charge is 0.140 e. The highest BCUT2D eigenvalue weighted by Gasteiger charge is 2.10. The van der Waals surface area contributed by atoms with E-state index in [0.717, 1.165) is 17.1 Å². The summed E-state index contributed by atoms with van der Waals surface area (Å²) in [7, 11) is 0. The van der Waals surface area contributed by atoms with Crippen molar-refractivity contribution < 1.29 is 0 Å². The molecule has 2 N–H and O–H groups in total. The van der Waals surface area contributed by atoms with E-state index in [1.807, 2.05) is 32.0 Å². The molecule has 1 aromatic rings. The molecule has 1 heterocycles. The van der Waals surface area contributed by atoms with Crippen molar-refractivity contribution in [2.45, 2.75) is 25.1 Å². The molecule has 0 aliphatic carbocycles. The van der Waals surface area contributed by atoms with Gasteiger partial charge in [-0.3, -0.25) is 0 Å². The van der Waals surface area contributed by atoms with E-state index in [1.165, 1.54) is 0 Å². The van der Waals surface area contributed by atoms with Crippen molar-refractivity contribution in [3.63, 3.8) is 0 Å². The van der Waals surface area contributed by atoms with Crippen LogP contribution in [0.2, 0.25) is 0 Å². The van der Waals surface area contributed by atoms with Gasteiger partial charge in [-0.15, -0.1) is 0 Å². The van der Waals surface area contributed by atoms with Crippen LogP contribution in [-0.4, -0.2) is 16.3 Å². The average molecular weight is 221 g/mol. The molecule has 0 fully saturated rings. The van der Waals surface area contributed by atoms with Crippen LogP contribution in [0, 0.1) is 11.3 Å². The molecule has 0 saturated heterocycles. The number of aromatic nitrogens is 1. The Morgan fingerprint density at radius 3 is 2.93 bits per heavy atom. The van der Waals surface area contributed by atoms with Gasteiger partial charge in [0, 0.05) is 23.2 Å². The molecular weight excluding hydrogens is 206 g/mol. The molecule has 0 bridgehead atoms. The van der Waals surface area contributed by atoms with Crippen LogP contribution >= 0.6 is 11.8 Å². The summed E-state index contributed by atoms with van der Waals surface area (Å²) in [4.78, 5) is 3.92. The van der Waals surface area contributed by atoms with Crippen LogP contribution in [0.1, 0.15) is 25.1 Å². The Morgan fingerprint density at radius 2 is 2.33 bits per heavy atom. The molecular formula is C11H15N3S. The standard InChI is InChI=1S/C11H15N3S/c1-11(2,13)8-15-7-9-3-4-14-10(5-9)6-12/h3-5H,7-8,13H2,1-2H3. The molecule has 80 valence electrons. The molecule has 1 rings (SSSR count). The summed E-state index contributed by atoms with van der Waals surface area (Å²) in [5, 5.41) is 8.68. The second-order valence-corrected chi connectivity index (χ2v) is 5.13. The Hall–Kier alpha value is -1.05. The maximum atomic E-state index is 8.68. The van der Waals surface area contributed by atoms with E-state index in [2.05, 4.69) is 4.98 Å². The van der Waals surface area contributed by atoms with Gasteiger partial charge in [-0.1, -0.05) is 0 Å². The van der Waals surface area contributed by atoms with Crippen LogP contribution in [0.4, 0.5) is 0 Å². The van der Waals surface area contributed by atoms with Crippen LogP contribution in [0.15, 0.2) is 18.3 Å². The van der Waals surface area contributed by atoms with Gasteiger partial charge in [0.1, 0.15) is 11.8 Å². The molecule has 0 radical (unpaired) electrons. The van der Waals surface area contributed by atoms with Gasteiger partial charge in [0.2, 0.25) is 0 Å². The molecule has 0 aromatic carbocycles. The maximum Gasteiger partial charge on any atom is 0.140 e. The predicted molar refractivity (Wildman–Crippen MR) is 63.4 cm³/mol. The maximum absolute atomic E-state index is 8.68. The Labute approximate surface area is 94.7 Å². The Kier molecular flexibility index (Phi) is 4.13. The highest BCUT2D eigenvalue weighted by molar-refractivity contribution is 7.98. The lowest BCUT2D eigenvalue weighted by Gasteiger charge is -2.17. The first kappa shape index (κ1) is 12.0. The predicted octanol–water partition coefficient (Wildman–Crippen LogP) is 1.92. The second-order valence-electron chi connectivity index (χ2n) is 4.14. The highest BCUT2D eigenvalue weighted by atomic mass is 32.2. The van der Waals surface area contributed by atoms with E-state index < -0.39 is 0 Å². The third-order valence-electron chi connectivity index (χ3n) is 1.68. The van der Waals surface area contributed by atoms with Crippen LogP contribution in [0.25, 0.3) is 0 Å². The molecule has 3 nitrogen and oxygen atoms in total. The normalized spacial score (nSPS) is 11.1. The van der Waals surface area contributed by atoms with E-state index >= 15 is 0 Å². The van der Waals surface area contributed by atoms with Crippen molar-refractivity contribution in [3.8, 4) is 6.07 Å². The lowest BCUT2D eigenvalue weighted by Crippen LogP contribution is -2.34. The van der Waals surface area contributed by atoms with E-state index in [4.69, 9.17) is 11.0 Å². The van der Waals surface area contributed by atoms with Gasteiger partial charge in [0.25, 0.3) is 0 Å². The van der Waals surface area contributed by atoms with Crippen LogP contribution in [0.3, 0.4) is 0 Å². The number of pyridine rings is 1. The fourth-order valence-corrected chi connectivity index (χ4v) is 2.10. The van der Waals surface area contributed by atoms with Crippen molar-refractivity contribution in [2.75, 3.05) is 5.75 Å². The minimum Gasteiger partial charge on any atom is -0.325 e. The minimum atomic E-state index is -0.143. The lowest BCUT2D eigenvalue weighted by atomic mass is 10.1. The molecule has 0 aliphatic heterocycles. The van der Waals surface area contributed by atoms with E-state index in [0.29, 0.717) is 5.69 Å². The summed E-state index contributed by atoms with van der Waals surface area (Å²) in [6, 6.07) is 5.77. The Balaban J connectivity index is 2.48. The highest BCUT2D eigenvalue weighted by Crippen LogP contribution is 2.16. The first-order chi connectivity index (χ1) is 7.01. The number of hydrogen-bond donors (Lipinski definition) is 1. The van der Waals surface area contributed by atoms with E-state index in [-0.39, 0.29) is 5.54 Å². The van der Waals surface area contributed by atoms with Gasteiger partial charge in [0.05, 0.1) is 0 Å². The zero-order chi connectivity index (χ0) is 11.3. The van der Waals surface area contributed by atoms with Gasteiger partial charge in [-0.05, 0) is 31.5 Å². The molecule has 0 saturated carbocycles. The number of thioether (sulfide) groups is 1. The minimum absolute atomic E-state index is 0.143. The molecule has 0 aliphatic rings. The van der Waals surface area contributed by atoms with Crippen LogP contribution in [0.5, 0.6) is 0 Å². The number of hydrogen-bond acceptors (Lipinski definition) is 4. The first-order valence-electron chi connectivity index (χ1n) is 4.73. The van der Waals surface area contributed by atoms with Gasteiger partial charge in [-0.2, -0.15) is 17.0 Å². The SMILES string of the molecule is CC(C)(N)CSCc1ccnc(C#N)c1. The third kappa shape index (κ3) is 4.82. The average Bonchev–Trinajstić information content (AvgIpc) is 2.16. The second kappa shape index (κ2) is 5.15. The topological polar surface area (TPSA) is 62.7 Å². The lowest BCUT2D eigenvalue weighted by molar-refractivity contribution is 0.591. The number of nitrogens with two attached hydrogens (primary N) is 1. The van der Waals surface area contributed by atoms with Crippen molar-refractivity contribution >= 4 is 11.8 Å². The fraction of sp³-hybridized carbons (Fsp3) is 0.455. The van der Waals surface area contributed by atoms with Gasteiger partial charge in [-0.25, -0.2) is 4.98 Å². The van der Waals surface area contributed by atoms with Crippen molar-refractivity contribution in [2.24, 2.45) is 5.73 Å². The summed E-state index contributed by atoms with van der Waals surface area (Å²) >= 11 is 1.77. The van der Waals surface area contributed by atoms with Crippen molar-refractivity contribution in [3.05, 3.63) is 29.6 Å². The van der Waals surface area contributed by atoms with Crippen molar-refractivity contribution in [1.82, 2.24) is 4.98 Å². The monoisotopic (exact) mass is 221 g/mol. The first-order valence-corrected chi connectivity index (χ1v) is 5.88. The molecule has 4 heteroatoms. The van der Waals surface area contributed by atoms with Gasteiger partial charge >= 0.3 is 0 Å². The number of rotatable bonds is 4. The van der Waals surface area contributed by atoms with E-state index in [9.17, 15) is 0 Å². The fourth-order valence-electron chi connectivity index (χ4n) is 1.06. The van der Waals surface area contributed by atoms with Gasteiger partial charge < -0.3 is 5.73 Å². The third-order valence-corrected chi connectivity index (χ3v) is 3.17. The largest absolute Gasteiger partial charge is 0.325 e. The Bertz CT molecular complexity index is 363. The summed E-state index contributed by atoms with van der Waals surface area (Å²) in [5.74, 6) is 1.77. The van der Waals surface area contributed by atoms with E-state index in [1.54, 1.807) is 18.0 Å². The zero-order valence-electron chi connectivity index (χ0n) is 9.03. The summed E-state index contributed by atoms with van der Waals surface area (Å²) in [6.07, 6.45) is 1.67. The molecule has 0 amide bonds. The van der Waals surface area contributed by atoms with Crippen LogP contribution < -0.4 is 5.73 Å². The molecule has 0 unspecified atom stereocenters. The summed E-state index contributed by atoms with van der Waals surface area (Å²) in [6.45, 7) is 4.01. The number of nitriles is 1. The Morgan fingerprint density at radius 1 is 1.60 bits per heavy atom. The summed E-state index contributed by atoms with van der Waals surface area (Å²) in [5.41, 5.74) is 7.32. The quantitative estimate of drug-likeness (QED) is 0.843. The van der Waals surface area contributed by atoms with Crippen LogP contribution in [-0.2, 0) is 5.75 Å². The number of nitrogens with zero attached hydrogens (tertiary/aromatic N) is 2. The molecule has 1 aromatic heterocycles. The zero-order valence-corrected chi connectivity index (χ0v) is 9.84. The molecule has 0 spiro atoms. The summed E-state index contributed by atoms with van der Waals surface area (Å²) < 4.78 is 0.